The highest BCUT2D eigenvalue weighted by Crippen LogP contribution is 2.49. The Bertz CT molecular complexity index is 376. The molecule has 0 aliphatic heterocycles. The number of hydrogen-bond acceptors (Lipinski definition) is 2. The molecule has 1 heterocycles. The van der Waals surface area contributed by atoms with Gasteiger partial charge < -0.3 is 5.32 Å². The van der Waals surface area contributed by atoms with Gasteiger partial charge in [-0.1, -0.05) is 19.4 Å². The van der Waals surface area contributed by atoms with Crippen molar-refractivity contribution in [1.82, 2.24) is 10.3 Å². The molecule has 1 aromatic heterocycles. The fourth-order valence-electron chi connectivity index (χ4n) is 4.17. The first kappa shape index (κ1) is 12.2. The number of hydrogen-bond donors (Lipinski definition) is 1. The highest BCUT2D eigenvalue weighted by Gasteiger charge is 2.42. The molecule has 0 amide bonds. The molecule has 2 fully saturated rings. The largest absolute Gasteiger partial charge is 0.314 e. The van der Waals surface area contributed by atoms with Crippen molar-refractivity contribution in [2.24, 2.45) is 17.8 Å². The molecule has 2 aliphatic carbocycles. The molecule has 1 aromatic rings. The zero-order chi connectivity index (χ0) is 12.4. The molecule has 18 heavy (non-hydrogen) atoms. The van der Waals surface area contributed by atoms with Gasteiger partial charge in [0.15, 0.2) is 0 Å². The Labute approximate surface area is 110 Å². The van der Waals surface area contributed by atoms with E-state index in [1.54, 1.807) is 0 Å². The SMILES string of the molecule is CCNC(Cc1ccccn1)C1CC2CCC1C2. The van der Waals surface area contributed by atoms with Gasteiger partial charge in [-0.3, -0.25) is 4.98 Å². The van der Waals surface area contributed by atoms with Crippen molar-refractivity contribution in [3.8, 4) is 0 Å². The summed E-state index contributed by atoms with van der Waals surface area (Å²) in [5.74, 6) is 2.92. The van der Waals surface area contributed by atoms with Gasteiger partial charge in [-0.05, 0) is 55.7 Å². The van der Waals surface area contributed by atoms with E-state index in [4.69, 9.17) is 0 Å². The summed E-state index contributed by atoms with van der Waals surface area (Å²) in [5, 5.41) is 3.72. The predicted octanol–water partition coefficient (Wildman–Crippen LogP) is 3.04. The van der Waals surface area contributed by atoms with Crippen LogP contribution in [0.2, 0.25) is 0 Å². The second-order valence-corrected chi connectivity index (χ2v) is 6.03. The van der Waals surface area contributed by atoms with Gasteiger partial charge in [-0.25, -0.2) is 0 Å². The fourth-order valence-corrected chi connectivity index (χ4v) is 4.17. The molecule has 0 saturated heterocycles. The van der Waals surface area contributed by atoms with Crippen LogP contribution in [0.15, 0.2) is 24.4 Å². The highest BCUT2D eigenvalue weighted by atomic mass is 14.9. The van der Waals surface area contributed by atoms with E-state index in [1.165, 1.54) is 31.4 Å². The van der Waals surface area contributed by atoms with Crippen LogP contribution in [0.1, 0.15) is 38.3 Å². The van der Waals surface area contributed by atoms with Crippen molar-refractivity contribution in [3.05, 3.63) is 30.1 Å². The van der Waals surface area contributed by atoms with Gasteiger partial charge >= 0.3 is 0 Å². The van der Waals surface area contributed by atoms with Crippen molar-refractivity contribution >= 4 is 0 Å². The molecule has 2 nitrogen and oxygen atoms in total. The number of pyridine rings is 1. The average Bonchev–Trinajstić information content (AvgIpc) is 3.02. The van der Waals surface area contributed by atoms with Crippen LogP contribution >= 0.6 is 0 Å². The summed E-state index contributed by atoms with van der Waals surface area (Å²) in [4.78, 5) is 4.49. The van der Waals surface area contributed by atoms with E-state index in [0.29, 0.717) is 6.04 Å². The van der Waals surface area contributed by atoms with Crippen LogP contribution in [0, 0.1) is 17.8 Å². The molecular weight excluding hydrogens is 220 g/mol. The van der Waals surface area contributed by atoms with Gasteiger partial charge in [0.25, 0.3) is 0 Å². The maximum Gasteiger partial charge on any atom is 0.0419 e. The highest BCUT2D eigenvalue weighted by molar-refractivity contribution is 5.07. The van der Waals surface area contributed by atoms with Crippen LogP contribution in [0.3, 0.4) is 0 Å². The zero-order valence-electron chi connectivity index (χ0n) is 11.3. The summed E-state index contributed by atoms with van der Waals surface area (Å²) in [7, 11) is 0. The van der Waals surface area contributed by atoms with Crippen molar-refractivity contribution in [1.29, 1.82) is 0 Å². The Balaban J connectivity index is 1.68. The minimum absolute atomic E-state index is 0.639. The Hall–Kier alpha value is -0.890. The van der Waals surface area contributed by atoms with Gasteiger partial charge in [-0.2, -0.15) is 0 Å². The van der Waals surface area contributed by atoms with Crippen molar-refractivity contribution in [3.63, 3.8) is 0 Å². The van der Waals surface area contributed by atoms with E-state index in [0.717, 1.165) is 30.7 Å². The van der Waals surface area contributed by atoms with Crippen LogP contribution < -0.4 is 5.32 Å². The summed E-state index contributed by atoms with van der Waals surface area (Å²) in [5.41, 5.74) is 1.24. The van der Waals surface area contributed by atoms with Gasteiger partial charge in [-0.15, -0.1) is 0 Å². The molecule has 2 aliphatic rings. The average molecular weight is 244 g/mol. The van der Waals surface area contributed by atoms with Crippen LogP contribution in [0.4, 0.5) is 0 Å². The summed E-state index contributed by atoms with van der Waals surface area (Å²) in [6, 6.07) is 6.91. The van der Waals surface area contributed by atoms with Crippen LogP contribution in [-0.4, -0.2) is 17.6 Å². The monoisotopic (exact) mass is 244 g/mol. The number of nitrogens with one attached hydrogen (secondary N) is 1. The first-order valence-corrected chi connectivity index (χ1v) is 7.50. The molecule has 4 unspecified atom stereocenters. The van der Waals surface area contributed by atoms with E-state index in [1.807, 2.05) is 12.3 Å². The summed E-state index contributed by atoms with van der Waals surface area (Å²) >= 11 is 0. The molecule has 2 heteroatoms. The van der Waals surface area contributed by atoms with Gasteiger partial charge in [0.2, 0.25) is 0 Å². The van der Waals surface area contributed by atoms with E-state index < -0.39 is 0 Å². The number of nitrogens with zero attached hydrogens (tertiary/aromatic N) is 1. The molecule has 3 rings (SSSR count). The molecule has 0 spiro atoms. The van der Waals surface area contributed by atoms with E-state index in [9.17, 15) is 0 Å². The molecule has 0 aromatic carbocycles. The predicted molar refractivity (Wildman–Crippen MR) is 74.3 cm³/mol. The molecule has 2 bridgehead atoms. The number of rotatable bonds is 5. The van der Waals surface area contributed by atoms with Crippen LogP contribution in [0.25, 0.3) is 0 Å². The summed E-state index contributed by atoms with van der Waals surface area (Å²) in [6.07, 6.45) is 8.93. The van der Waals surface area contributed by atoms with Crippen molar-refractivity contribution in [2.45, 2.75) is 45.1 Å². The topological polar surface area (TPSA) is 24.9 Å². The van der Waals surface area contributed by atoms with Crippen molar-refractivity contribution < 1.29 is 0 Å². The van der Waals surface area contributed by atoms with Gasteiger partial charge in [0.05, 0.1) is 0 Å². The third-order valence-electron chi connectivity index (χ3n) is 4.93. The Morgan fingerprint density at radius 3 is 2.89 bits per heavy atom. The molecule has 0 radical (unpaired) electrons. The Morgan fingerprint density at radius 2 is 2.28 bits per heavy atom. The van der Waals surface area contributed by atoms with E-state index in [2.05, 4.69) is 29.4 Å². The van der Waals surface area contributed by atoms with Crippen molar-refractivity contribution in [2.75, 3.05) is 6.54 Å². The lowest BCUT2D eigenvalue weighted by Crippen LogP contribution is -2.40. The van der Waals surface area contributed by atoms with E-state index in [-0.39, 0.29) is 0 Å². The molecule has 2 saturated carbocycles. The number of fused-ring (bicyclic) bond motifs is 2. The normalized spacial score (nSPS) is 31.7. The third-order valence-corrected chi connectivity index (χ3v) is 4.93. The standard InChI is InChI=1S/C16H24N2/c1-2-17-16(11-14-5-3-4-8-18-14)15-10-12-6-7-13(15)9-12/h3-5,8,12-13,15-17H,2,6-7,9-11H2,1H3. The first-order chi connectivity index (χ1) is 8.86. The fraction of sp³-hybridized carbons (Fsp3) is 0.688. The lowest BCUT2D eigenvalue weighted by atomic mass is 9.81. The van der Waals surface area contributed by atoms with Crippen LogP contribution in [0.5, 0.6) is 0 Å². The second-order valence-electron chi connectivity index (χ2n) is 6.03. The zero-order valence-corrected chi connectivity index (χ0v) is 11.3. The maximum absolute atomic E-state index is 4.49. The number of likely N-dealkylation sites (N-methyl/N-ethyl adjacent to an activating group) is 1. The Kier molecular flexibility index (Phi) is 3.64. The van der Waals surface area contributed by atoms with Gasteiger partial charge in [0, 0.05) is 24.4 Å². The number of aromatic nitrogens is 1. The van der Waals surface area contributed by atoms with E-state index >= 15 is 0 Å². The minimum Gasteiger partial charge on any atom is -0.314 e. The smallest absolute Gasteiger partial charge is 0.0419 e. The summed E-state index contributed by atoms with van der Waals surface area (Å²) in [6.45, 7) is 3.30. The maximum atomic E-state index is 4.49. The first-order valence-electron chi connectivity index (χ1n) is 7.50. The molecular formula is C16H24N2. The van der Waals surface area contributed by atoms with Gasteiger partial charge in [0.1, 0.15) is 0 Å². The third kappa shape index (κ3) is 2.44. The summed E-state index contributed by atoms with van der Waals surface area (Å²) < 4.78 is 0. The lowest BCUT2D eigenvalue weighted by Gasteiger charge is -2.31. The molecule has 4 atom stereocenters. The minimum atomic E-state index is 0.639. The molecule has 1 N–H and O–H groups in total. The second kappa shape index (κ2) is 5.40. The molecule has 98 valence electrons. The van der Waals surface area contributed by atoms with Crippen LogP contribution in [-0.2, 0) is 6.42 Å². The lowest BCUT2D eigenvalue weighted by molar-refractivity contribution is 0.248. The quantitative estimate of drug-likeness (QED) is 0.861. The Morgan fingerprint density at radius 1 is 1.33 bits per heavy atom.